The summed E-state index contributed by atoms with van der Waals surface area (Å²) in [5.74, 6) is -2.13. The van der Waals surface area contributed by atoms with Gasteiger partial charge in [0.25, 0.3) is 0 Å². The van der Waals surface area contributed by atoms with Crippen molar-refractivity contribution in [3.05, 3.63) is 11.6 Å². The zero-order valence-electron chi connectivity index (χ0n) is 25.2. The van der Waals surface area contributed by atoms with Crippen molar-refractivity contribution in [3.8, 4) is 0 Å². The standard InChI is InChI=1S/C29H44N2O13/c1-27-11-9-19(32)15-18(27)7-8-20-21-10-12-29(28(21,2)16-22(33)26(20)27,44-25(36)6-4-14-43-31(39)40)23(34)17-41-24(35)5-3-13-42-30(37)38/h15,20-22,26,33,37-40H,3-14,16-17H2,1-2H3/t20?,21?,22-,26+,27-,28-,29-/m0/s1. The molecule has 7 atom stereocenters. The van der Waals surface area contributed by atoms with Gasteiger partial charge in [0.15, 0.2) is 18.0 Å². The number of esters is 2. The molecule has 4 rings (SSSR count). The van der Waals surface area contributed by atoms with E-state index in [2.05, 4.69) is 16.6 Å². The Balaban J connectivity index is 1.55. The summed E-state index contributed by atoms with van der Waals surface area (Å²) in [5, 5.41) is 45.5. The van der Waals surface area contributed by atoms with Gasteiger partial charge < -0.3 is 14.6 Å². The van der Waals surface area contributed by atoms with E-state index >= 15 is 0 Å². The van der Waals surface area contributed by atoms with Crippen molar-refractivity contribution < 1.29 is 64.3 Å². The maximum Gasteiger partial charge on any atom is 0.306 e. The minimum Gasteiger partial charge on any atom is -0.457 e. The van der Waals surface area contributed by atoms with Crippen LogP contribution in [0, 0.1) is 28.6 Å². The molecule has 0 aromatic carbocycles. The van der Waals surface area contributed by atoms with Gasteiger partial charge in [0.2, 0.25) is 5.78 Å². The SMILES string of the molecule is C[C@]12CCC(=O)C=C1CCC1C3CC[C@](OC(=O)CCCON(O)O)(C(=O)COC(=O)CCCON(O)O)[C@@]3(C)C[C@H](O)[C@@H]12. The predicted molar refractivity (Wildman–Crippen MR) is 144 cm³/mol. The van der Waals surface area contributed by atoms with Crippen LogP contribution >= 0.6 is 0 Å². The smallest absolute Gasteiger partial charge is 0.306 e. The normalized spacial score (nSPS) is 34.7. The fourth-order valence-corrected chi connectivity index (χ4v) is 8.66. The van der Waals surface area contributed by atoms with E-state index in [1.54, 1.807) is 6.08 Å². The third-order valence-electron chi connectivity index (χ3n) is 10.6. The number of Topliss-reactive ketones (excluding diaryl/α,β-unsaturated/α-hetero) is 1. The molecule has 248 valence electrons. The van der Waals surface area contributed by atoms with E-state index in [0.29, 0.717) is 25.7 Å². The highest BCUT2D eigenvalue weighted by atomic mass is 17.1. The second-order valence-electron chi connectivity index (χ2n) is 12.9. The number of ether oxygens (including phenoxy) is 2. The van der Waals surface area contributed by atoms with Crippen LogP contribution in [0.3, 0.4) is 0 Å². The number of fused-ring (bicyclic) bond motifs is 5. The maximum atomic E-state index is 14.0. The van der Waals surface area contributed by atoms with Crippen LogP contribution in [0.5, 0.6) is 0 Å². The third-order valence-corrected chi connectivity index (χ3v) is 10.6. The maximum absolute atomic E-state index is 14.0. The van der Waals surface area contributed by atoms with E-state index in [1.165, 1.54) is 0 Å². The van der Waals surface area contributed by atoms with Gasteiger partial charge in [-0.25, -0.2) is 0 Å². The Morgan fingerprint density at radius 3 is 2.20 bits per heavy atom. The molecule has 4 aliphatic carbocycles. The number of carbonyl (C=O) groups excluding carboxylic acids is 4. The van der Waals surface area contributed by atoms with Gasteiger partial charge in [0.1, 0.15) is 0 Å². The average Bonchev–Trinajstić information content (AvgIpc) is 3.24. The molecular weight excluding hydrogens is 584 g/mol. The van der Waals surface area contributed by atoms with Crippen molar-refractivity contribution in [1.29, 1.82) is 0 Å². The molecule has 2 unspecified atom stereocenters. The molecule has 0 aromatic heterocycles. The number of allylic oxidation sites excluding steroid dienone is 1. The lowest BCUT2D eigenvalue weighted by molar-refractivity contribution is -0.492. The number of carbonyl (C=O) groups is 4. The molecule has 3 saturated carbocycles. The third kappa shape index (κ3) is 6.90. The number of rotatable bonds is 14. The molecule has 0 spiro atoms. The van der Waals surface area contributed by atoms with Crippen molar-refractivity contribution in [2.75, 3.05) is 19.8 Å². The van der Waals surface area contributed by atoms with E-state index < -0.39 is 52.2 Å². The molecule has 0 aliphatic heterocycles. The van der Waals surface area contributed by atoms with Gasteiger partial charge in [-0.3, -0.25) is 49.7 Å². The molecule has 0 saturated heterocycles. The van der Waals surface area contributed by atoms with Crippen LogP contribution in [-0.2, 0) is 38.3 Å². The summed E-state index contributed by atoms with van der Waals surface area (Å²) < 4.78 is 11.3. The summed E-state index contributed by atoms with van der Waals surface area (Å²) in [7, 11) is 0. The number of hydrogen-bond acceptors (Lipinski definition) is 15. The number of aliphatic hydroxyl groups excluding tert-OH is 1. The predicted octanol–water partition coefficient (Wildman–Crippen LogP) is 2.47. The van der Waals surface area contributed by atoms with Crippen LogP contribution in [0.2, 0.25) is 0 Å². The largest absolute Gasteiger partial charge is 0.457 e. The lowest BCUT2D eigenvalue weighted by Crippen LogP contribution is -2.63. The molecule has 3 fully saturated rings. The summed E-state index contributed by atoms with van der Waals surface area (Å²) in [4.78, 5) is 60.6. The van der Waals surface area contributed by atoms with Crippen LogP contribution in [0.15, 0.2) is 11.6 Å². The van der Waals surface area contributed by atoms with Crippen molar-refractivity contribution in [1.82, 2.24) is 10.8 Å². The summed E-state index contributed by atoms with van der Waals surface area (Å²) >= 11 is 0. The molecule has 15 heteroatoms. The van der Waals surface area contributed by atoms with Crippen molar-refractivity contribution in [2.45, 2.75) is 96.2 Å². The van der Waals surface area contributed by atoms with Crippen LogP contribution in [0.25, 0.3) is 0 Å². The van der Waals surface area contributed by atoms with Crippen LogP contribution < -0.4 is 0 Å². The first-order valence-electron chi connectivity index (χ1n) is 15.2. The van der Waals surface area contributed by atoms with Crippen molar-refractivity contribution in [2.24, 2.45) is 28.6 Å². The molecule has 0 aromatic rings. The summed E-state index contributed by atoms with van der Waals surface area (Å²) in [5.41, 5.74) is -1.94. The molecule has 15 nitrogen and oxygen atoms in total. The van der Waals surface area contributed by atoms with Crippen LogP contribution in [0.4, 0.5) is 0 Å². The second-order valence-corrected chi connectivity index (χ2v) is 12.9. The lowest BCUT2D eigenvalue weighted by atomic mass is 9.45. The summed E-state index contributed by atoms with van der Waals surface area (Å²) in [6.07, 6.45) is 4.11. The Labute approximate surface area is 255 Å². The number of nitrogens with zero attached hydrogens (tertiary/aromatic N) is 2. The zero-order chi connectivity index (χ0) is 32.3. The molecule has 0 bridgehead atoms. The Hall–Kier alpha value is -2.34. The number of ketones is 2. The highest BCUT2D eigenvalue weighted by molar-refractivity contribution is 5.93. The van der Waals surface area contributed by atoms with Crippen LogP contribution in [-0.4, -0.2) is 91.7 Å². The molecule has 4 aliphatic rings. The van der Waals surface area contributed by atoms with Crippen molar-refractivity contribution in [3.63, 3.8) is 0 Å². The molecule has 0 radical (unpaired) electrons. The topological polar surface area (TPSA) is 213 Å². The molecule has 0 heterocycles. The summed E-state index contributed by atoms with van der Waals surface area (Å²) in [6.45, 7) is 2.93. The van der Waals surface area contributed by atoms with E-state index in [9.17, 15) is 24.3 Å². The Morgan fingerprint density at radius 2 is 1.57 bits per heavy atom. The highest BCUT2D eigenvalue weighted by Crippen LogP contribution is 2.68. The van der Waals surface area contributed by atoms with E-state index in [0.717, 1.165) is 12.0 Å². The quantitative estimate of drug-likeness (QED) is 0.106. The van der Waals surface area contributed by atoms with Gasteiger partial charge in [-0.15, -0.1) is 0 Å². The van der Waals surface area contributed by atoms with E-state index in [1.807, 2.05) is 6.92 Å². The minimum absolute atomic E-state index is 0.0149. The number of hydrogen-bond donors (Lipinski definition) is 5. The first-order chi connectivity index (χ1) is 20.7. The van der Waals surface area contributed by atoms with Gasteiger partial charge >= 0.3 is 11.9 Å². The van der Waals surface area contributed by atoms with Crippen LogP contribution in [0.1, 0.15) is 84.5 Å². The van der Waals surface area contributed by atoms with Gasteiger partial charge in [-0.1, -0.05) is 19.4 Å². The first-order valence-corrected chi connectivity index (χ1v) is 15.2. The highest BCUT2D eigenvalue weighted by Gasteiger charge is 2.70. The van der Waals surface area contributed by atoms with E-state index in [4.69, 9.17) is 30.3 Å². The fraction of sp³-hybridized carbons (Fsp3) is 0.793. The Bertz CT molecular complexity index is 1130. The Morgan fingerprint density at radius 1 is 0.932 bits per heavy atom. The zero-order valence-corrected chi connectivity index (χ0v) is 25.2. The van der Waals surface area contributed by atoms with Gasteiger partial charge in [-0.05, 0) is 80.6 Å². The second kappa shape index (κ2) is 14.0. The lowest BCUT2D eigenvalue weighted by Gasteiger charge is -2.60. The van der Waals surface area contributed by atoms with Gasteiger partial charge in [0.05, 0.1) is 30.1 Å². The molecular formula is C29H44N2O13. The fourth-order valence-electron chi connectivity index (χ4n) is 8.66. The molecule has 44 heavy (non-hydrogen) atoms. The number of aliphatic hydroxyl groups is 1. The Kier molecular flexibility index (Phi) is 11.0. The molecule has 0 amide bonds. The monoisotopic (exact) mass is 628 g/mol. The molecule has 5 N–H and O–H groups in total. The first kappa shape index (κ1) is 34.5. The van der Waals surface area contributed by atoms with E-state index in [-0.39, 0.29) is 80.7 Å². The van der Waals surface area contributed by atoms with Gasteiger partial charge in [-0.2, -0.15) is 0 Å². The summed E-state index contributed by atoms with van der Waals surface area (Å²) in [6, 6.07) is 0. The van der Waals surface area contributed by atoms with Gasteiger partial charge in [0, 0.05) is 24.7 Å². The minimum atomic E-state index is -1.68. The average molecular weight is 629 g/mol. The van der Waals surface area contributed by atoms with Crippen molar-refractivity contribution >= 4 is 23.5 Å².